The molecular weight excluding hydrogens is 302 g/mol. The van der Waals surface area contributed by atoms with Crippen LogP contribution in [0.4, 0.5) is 0 Å². The second-order valence-electron chi connectivity index (χ2n) is 5.68. The summed E-state index contributed by atoms with van der Waals surface area (Å²) in [6.45, 7) is 4.00. The van der Waals surface area contributed by atoms with Crippen LogP contribution in [0.3, 0.4) is 0 Å². The van der Waals surface area contributed by atoms with Gasteiger partial charge in [-0.05, 0) is 11.6 Å². The smallest absolute Gasteiger partial charge is 0.163 e. The summed E-state index contributed by atoms with van der Waals surface area (Å²) in [5, 5.41) is 22.0. The highest BCUT2D eigenvalue weighted by atomic mass is 16.5. The van der Waals surface area contributed by atoms with Crippen LogP contribution in [0.25, 0.3) is 0 Å². The molecule has 2 aromatic carbocycles. The molecule has 0 aromatic heterocycles. The topological polar surface area (TPSA) is 68.5 Å². The van der Waals surface area contributed by atoms with E-state index in [-0.39, 0.29) is 11.8 Å². The van der Waals surface area contributed by atoms with Gasteiger partial charge in [-0.15, -0.1) is 0 Å². The lowest BCUT2D eigenvalue weighted by molar-refractivity contribution is 0.155. The Balaban J connectivity index is 2.01. The molecule has 5 nitrogen and oxygen atoms in total. The number of benzene rings is 2. The van der Waals surface area contributed by atoms with Gasteiger partial charge in [-0.25, -0.2) is 0 Å². The average molecular weight is 321 g/mol. The summed E-state index contributed by atoms with van der Waals surface area (Å²) in [5.41, 5.74) is 5.61. The van der Waals surface area contributed by atoms with Crippen LogP contribution in [0.2, 0.25) is 0 Å². The van der Waals surface area contributed by atoms with Crippen LogP contribution in [0.5, 0.6) is 11.5 Å². The maximum Gasteiger partial charge on any atom is 0.163 e. The molecule has 0 saturated carbocycles. The summed E-state index contributed by atoms with van der Waals surface area (Å²) >= 11 is 0. The molecule has 1 aliphatic rings. The first kappa shape index (κ1) is 15.9. The lowest BCUT2D eigenvalue weighted by Crippen LogP contribution is -2.35. The van der Waals surface area contributed by atoms with Gasteiger partial charge in [-0.3, -0.25) is 0 Å². The van der Waals surface area contributed by atoms with Crippen molar-refractivity contribution in [2.45, 2.75) is 18.5 Å². The molecule has 24 heavy (non-hydrogen) atoms. The largest absolute Gasteiger partial charge is 0.504 e. The SMILES string of the molecule is C=C1CC(c2ccccc2)N(C(C#N)c2cccc(OC)c2O)N1. The van der Waals surface area contributed by atoms with E-state index in [2.05, 4.69) is 18.1 Å². The van der Waals surface area contributed by atoms with Crippen molar-refractivity contribution in [3.63, 3.8) is 0 Å². The van der Waals surface area contributed by atoms with Gasteiger partial charge in [0.1, 0.15) is 6.04 Å². The number of phenolic OH excluding ortho intramolecular Hbond substituents is 1. The van der Waals surface area contributed by atoms with Crippen molar-refractivity contribution in [2.75, 3.05) is 7.11 Å². The predicted octanol–water partition coefficient (Wildman–Crippen LogP) is 3.43. The van der Waals surface area contributed by atoms with E-state index in [1.54, 1.807) is 18.2 Å². The number of hydrogen-bond acceptors (Lipinski definition) is 5. The lowest BCUT2D eigenvalue weighted by atomic mass is 10.00. The molecule has 0 aliphatic carbocycles. The van der Waals surface area contributed by atoms with E-state index in [4.69, 9.17) is 4.74 Å². The van der Waals surface area contributed by atoms with Crippen molar-refractivity contribution < 1.29 is 9.84 Å². The maximum absolute atomic E-state index is 10.4. The summed E-state index contributed by atoms with van der Waals surface area (Å²) in [4.78, 5) is 0. The van der Waals surface area contributed by atoms with Crippen molar-refractivity contribution >= 4 is 0 Å². The third-order valence-electron chi connectivity index (χ3n) is 4.19. The minimum atomic E-state index is -0.676. The predicted molar refractivity (Wildman–Crippen MR) is 90.9 cm³/mol. The summed E-state index contributed by atoms with van der Waals surface area (Å²) in [6.07, 6.45) is 0.701. The number of aromatic hydroxyl groups is 1. The Bertz CT molecular complexity index is 783. The van der Waals surface area contributed by atoms with Gasteiger partial charge in [0.05, 0.1) is 19.2 Å². The Morgan fingerprint density at radius 2 is 2.04 bits per heavy atom. The van der Waals surface area contributed by atoms with Gasteiger partial charge in [-0.1, -0.05) is 49.0 Å². The highest BCUT2D eigenvalue weighted by Crippen LogP contribution is 2.41. The second kappa shape index (κ2) is 6.65. The molecule has 1 heterocycles. The van der Waals surface area contributed by atoms with Crippen molar-refractivity contribution in [1.29, 1.82) is 5.26 Å². The van der Waals surface area contributed by atoms with Gasteiger partial charge >= 0.3 is 0 Å². The minimum Gasteiger partial charge on any atom is -0.504 e. The molecule has 0 radical (unpaired) electrons. The van der Waals surface area contributed by atoms with Crippen LogP contribution in [-0.2, 0) is 0 Å². The normalized spacial score (nSPS) is 18.7. The number of methoxy groups -OCH3 is 1. The van der Waals surface area contributed by atoms with Crippen molar-refractivity contribution in [3.05, 3.63) is 71.9 Å². The molecule has 2 N–H and O–H groups in total. The highest BCUT2D eigenvalue weighted by Gasteiger charge is 2.36. The maximum atomic E-state index is 10.4. The monoisotopic (exact) mass is 321 g/mol. The molecule has 5 heteroatoms. The van der Waals surface area contributed by atoms with Gasteiger partial charge < -0.3 is 15.3 Å². The Kier molecular flexibility index (Phi) is 4.41. The van der Waals surface area contributed by atoms with Crippen LogP contribution < -0.4 is 10.2 Å². The molecule has 2 unspecified atom stereocenters. The quantitative estimate of drug-likeness (QED) is 0.903. The van der Waals surface area contributed by atoms with Crippen molar-refractivity contribution in [1.82, 2.24) is 10.4 Å². The Labute approximate surface area is 141 Å². The number of ether oxygens (including phenoxy) is 1. The number of phenols is 1. The molecule has 0 amide bonds. The molecule has 1 saturated heterocycles. The summed E-state index contributed by atoms with van der Waals surface area (Å²) in [7, 11) is 1.49. The van der Waals surface area contributed by atoms with E-state index in [1.807, 2.05) is 35.3 Å². The third kappa shape index (κ3) is 2.80. The molecule has 2 aromatic rings. The average Bonchev–Trinajstić information content (AvgIpc) is 2.99. The van der Waals surface area contributed by atoms with E-state index in [1.165, 1.54) is 7.11 Å². The number of nitrogens with one attached hydrogen (secondary N) is 1. The van der Waals surface area contributed by atoms with E-state index in [0.717, 1.165) is 11.3 Å². The number of hydrazine groups is 1. The molecule has 0 bridgehead atoms. The number of nitrogens with zero attached hydrogens (tertiary/aromatic N) is 2. The molecule has 1 aliphatic heterocycles. The summed E-state index contributed by atoms with van der Waals surface area (Å²) < 4.78 is 5.16. The van der Waals surface area contributed by atoms with E-state index >= 15 is 0 Å². The number of rotatable bonds is 4. The van der Waals surface area contributed by atoms with E-state index < -0.39 is 6.04 Å². The van der Waals surface area contributed by atoms with Crippen LogP contribution in [0.15, 0.2) is 60.8 Å². The molecule has 1 fully saturated rings. The van der Waals surface area contributed by atoms with Gasteiger partial charge in [0.25, 0.3) is 0 Å². The zero-order valence-electron chi connectivity index (χ0n) is 13.4. The van der Waals surface area contributed by atoms with Gasteiger partial charge in [0, 0.05) is 17.7 Å². The zero-order chi connectivity index (χ0) is 17.1. The van der Waals surface area contributed by atoms with Gasteiger partial charge in [0.2, 0.25) is 0 Å². The first-order valence-corrected chi connectivity index (χ1v) is 7.69. The fourth-order valence-corrected chi connectivity index (χ4v) is 3.04. The Morgan fingerprint density at radius 3 is 2.71 bits per heavy atom. The third-order valence-corrected chi connectivity index (χ3v) is 4.19. The summed E-state index contributed by atoms with van der Waals surface area (Å²) in [6, 6.07) is 16.7. The molecule has 2 atom stereocenters. The van der Waals surface area contributed by atoms with Crippen LogP contribution in [0, 0.1) is 11.3 Å². The summed E-state index contributed by atoms with van der Waals surface area (Å²) in [5.74, 6) is 0.333. The number of hydrogen-bond donors (Lipinski definition) is 2. The minimum absolute atomic E-state index is 0.0160. The molecule has 122 valence electrons. The molecule has 0 spiro atoms. The molecular formula is C19H19N3O2. The fourth-order valence-electron chi connectivity index (χ4n) is 3.04. The van der Waals surface area contributed by atoms with Gasteiger partial charge in [0.15, 0.2) is 11.5 Å². The second-order valence-corrected chi connectivity index (χ2v) is 5.68. The highest BCUT2D eigenvalue weighted by molar-refractivity contribution is 5.48. The zero-order valence-corrected chi connectivity index (χ0v) is 13.4. The van der Waals surface area contributed by atoms with E-state index in [0.29, 0.717) is 17.7 Å². The number of para-hydroxylation sites is 1. The van der Waals surface area contributed by atoms with Crippen molar-refractivity contribution in [3.8, 4) is 17.6 Å². The van der Waals surface area contributed by atoms with Gasteiger partial charge in [-0.2, -0.15) is 10.3 Å². The first-order valence-electron chi connectivity index (χ1n) is 7.69. The van der Waals surface area contributed by atoms with E-state index in [9.17, 15) is 10.4 Å². The molecule has 3 rings (SSSR count). The van der Waals surface area contributed by atoms with Crippen molar-refractivity contribution in [2.24, 2.45) is 0 Å². The lowest BCUT2D eigenvalue weighted by Gasteiger charge is -2.29. The van der Waals surface area contributed by atoms with Crippen LogP contribution >= 0.6 is 0 Å². The standard InChI is InChI=1S/C19H19N3O2/c1-13-11-16(14-7-4-3-5-8-14)22(21-13)17(12-20)15-9-6-10-18(24-2)19(15)23/h3-10,16-17,21,23H,1,11H2,2H3. The Morgan fingerprint density at radius 1 is 1.29 bits per heavy atom. The fraction of sp³-hybridized carbons (Fsp3) is 0.211. The van der Waals surface area contributed by atoms with Crippen LogP contribution in [0.1, 0.15) is 29.6 Å². The number of nitriles is 1. The first-order chi connectivity index (χ1) is 11.7. The van der Waals surface area contributed by atoms with Crippen LogP contribution in [-0.4, -0.2) is 17.2 Å². The Hall–Kier alpha value is -2.97.